The molecule has 1 aliphatic heterocycles. The summed E-state index contributed by atoms with van der Waals surface area (Å²) in [6.45, 7) is 0.440. The number of halogens is 2. The highest BCUT2D eigenvalue weighted by atomic mass is 79.9. The van der Waals surface area contributed by atoms with E-state index in [1.54, 1.807) is 18.2 Å². The largest absolute Gasteiger partial charge is 0.445 e. The molecule has 1 amide bonds. The number of hydrogen-bond donors (Lipinski definition) is 0. The van der Waals surface area contributed by atoms with E-state index in [-0.39, 0.29) is 25.2 Å². The highest BCUT2D eigenvalue weighted by molar-refractivity contribution is 9.10. The van der Waals surface area contributed by atoms with E-state index in [4.69, 9.17) is 4.74 Å². The molecule has 6 heteroatoms. The molecule has 4 nitrogen and oxygen atoms in total. The topological polar surface area (TPSA) is 46.6 Å². The summed E-state index contributed by atoms with van der Waals surface area (Å²) in [5, 5.41) is 0. The predicted molar refractivity (Wildman–Crippen MR) is 94.5 cm³/mol. The van der Waals surface area contributed by atoms with Crippen LogP contribution in [0.15, 0.2) is 53.0 Å². The van der Waals surface area contributed by atoms with Crippen molar-refractivity contribution in [2.45, 2.75) is 25.5 Å². The molecule has 1 aliphatic rings. The van der Waals surface area contributed by atoms with E-state index in [0.717, 1.165) is 5.56 Å². The Morgan fingerprint density at radius 3 is 2.72 bits per heavy atom. The zero-order valence-corrected chi connectivity index (χ0v) is 15.0. The van der Waals surface area contributed by atoms with E-state index in [9.17, 15) is 14.0 Å². The Bertz CT molecular complexity index is 781. The van der Waals surface area contributed by atoms with Crippen LogP contribution in [0.1, 0.15) is 17.5 Å². The van der Waals surface area contributed by atoms with Crippen molar-refractivity contribution in [3.8, 4) is 0 Å². The van der Waals surface area contributed by atoms with Crippen LogP contribution < -0.4 is 0 Å². The molecule has 1 fully saturated rings. The monoisotopic (exact) mass is 405 g/mol. The lowest BCUT2D eigenvalue weighted by molar-refractivity contribution is -0.119. The first-order chi connectivity index (χ1) is 12.1. The van der Waals surface area contributed by atoms with Crippen molar-refractivity contribution in [3.63, 3.8) is 0 Å². The summed E-state index contributed by atoms with van der Waals surface area (Å²) < 4.78 is 19.8. The van der Waals surface area contributed by atoms with Crippen LogP contribution in [0.5, 0.6) is 0 Å². The van der Waals surface area contributed by atoms with Gasteiger partial charge >= 0.3 is 6.09 Å². The summed E-state index contributed by atoms with van der Waals surface area (Å²) >= 11 is 3.14. The number of rotatable bonds is 4. The molecule has 1 saturated heterocycles. The Balaban J connectivity index is 1.68. The van der Waals surface area contributed by atoms with Crippen LogP contribution >= 0.6 is 15.9 Å². The predicted octanol–water partition coefficient (Wildman–Crippen LogP) is 4.11. The minimum absolute atomic E-state index is 0.0731. The molecular formula is C19H17BrFNO3. The van der Waals surface area contributed by atoms with Gasteiger partial charge in [0.15, 0.2) is 5.78 Å². The van der Waals surface area contributed by atoms with Gasteiger partial charge in [-0.2, -0.15) is 0 Å². The Morgan fingerprint density at radius 1 is 1.20 bits per heavy atom. The van der Waals surface area contributed by atoms with Crippen LogP contribution in [-0.4, -0.2) is 29.4 Å². The first kappa shape index (κ1) is 17.6. The number of likely N-dealkylation sites (tertiary alicyclic amines) is 1. The SMILES string of the molecule is O=C1CCN(C(=O)OCc2ccccc2)[C@H]1Cc1cccc(Br)c1F. The number of carbonyl (C=O) groups excluding carboxylic acids is 2. The molecule has 0 aliphatic carbocycles. The van der Waals surface area contributed by atoms with Crippen molar-refractivity contribution in [3.05, 3.63) is 69.9 Å². The molecule has 0 radical (unpaired) electrons. The van der Waals surface area contributed by atoms with Crippen molar-refractivity contribution < 1.29 is 18.7 Å². The number of nitrogens with zero attached hydrogens (tertiary/aromatic N) is 1. The average molecular weight is 406 g/mol. The first-order valence-electron chi connectivity index (χ1n) is 7.99. The highest BCUT2D eigenvalue weighted by Crippen LogP contribution is 2.24. The maximum atomic E-state index is 14.2. The van der Waals surface area contributed by atoms with E-state index in [0.29, 0.717) is 16.6 Å². The summed E-state index contributed by atoms with van der Waals surface area (Å²) in [4.78, 5) is 25.9. The van der Waals surface area contributed by atoms with Gasteiger partial charge in [-0.3, -0.25) is 9.69 Å². The van der Waals surface area contributed by atoms with Gasteiger partial charge in [-0.1, -0.05) is 42.5 Å². The minimum atomic E-state index is -0.688. The number of Topliss-reactive ketones (excluding diaryl/α,β-unsaturated/α-hetero) is 1. The van der Waals surface area contributed by atoms with Gasteiger partial charge in [0, 0.05) is 19.4 Å². The molecule has 0 unspecified atom stereocenters. The number of hydrogen-bond acceptors (Lipinski definition) is 3. The molecule has 0 spiro atoms. The normalized spacial score (nSPS) is 17.0. The lowest BCUT2D eigenvalue weighted by Crippen LogP contribution is -2.40. The van der Waals surface area contributed by atoms with Crippen LogP contribution in [0.4, 0.5) is 9.18 Å². The van der Waals surface area contributed by atoms with Gasteiger partial charge in [-0.25, -0.2) is 9.18 Å². The van der Waals surface area contributed by atoms with Crippen LogP contribution in [0.3, 0.4) is 0 Å². The molecule has 0 N–H and O–H groups in total. The van der Waals surface area contributed by atoms with Gasteiger partial charge in [-0.05, 0) is 33.1 Å². The van der Waals surface area contributed by atoms with Crippen LogP contribution in [-0.2, 0) is 22.6 Å². The zero-order chi connectivity index (χ0) is 17.8. The standard InChI is InChI=1S/C19H17BrFNO3/c20-15-8-4-7-14(18(15)21)11-16-17(23)9-10-22(16)19(24)25-12-13-5-2-1-3-6-13/h1-8,16H,9-12H2/t16-/m0/s1. The summed E-state index contributed by atoms with van der Waals surface area (Å²) in [5.41, 5.74) is 1.27. The third-order valence-corrected chi connectivity index (χ3v) is 4.84. The second-order valence-electron chi connectivity index (χ2n) is 5.88. The van der Waals surface area contributed by atoms with Gasteiger partial charge in [-0.15, -0.1) is 0 Å². The van der Waals surface area contributed by atoms with Crippen molar-refractivity contribution in [2.24, 2.45) is 0 Å². The molecule has 2 aromatic rings. The van der Waals surface area contributed by atoms with Crippen LogP contribution in [0, 0.1) is 5.82 Å². The molecule has 1 heterocycles. The van der Waals surface area contributed by atoms with Crippen molar-refractivity contribution in [2.75, 3.05) is 6.54 Å². The molecule has 0 bridgehead atoms. The molecule has 0 saturated carbocycles. The highest BCUT2D eigenvalue weighted by Gasteiger charge is 2.37. The fourth-order valence-electron chi connectivity index (χ4n) is 2.89. The lowest BCUT2D eigenvalue weighted by atomic mass is 10.0. The third-order valence-electron chi connectivity index (χ3n) is 4.23. The second-order valence-corrected chi connectivity index (χ2v) is 6.74. The van der Waals surface area contributed by atoms with Crippen molar-refractivity contribution in [1.82, 2.24) is 4.90 Å². The van der Waals surface area contributed by atoms with Gasteiger partial charge in [0.1, 0.15) is 12.4 Å². The summed E-state index contributed by atoms with van der Waals surface area (Å²) in [6, 6.07) is 13.6. The van der Waals surface area contributed by atoms with Crippen LogP contribution in [0.2, 0.25) is 0 Å². The van der Waals surface area contributed by atoms with E-state index in [2.05, 4.69) is 15.9 Å². The number of carbonyl (C=O) groups is 2. The van der Waals surface area contributed by atoms with Gasteiger partial charge in [0.2, 0.25) is 0 Å². The first-order valence-corrected chi connectivity index (χ1v) is 8.78. The molecule has 2 aromatic carbocycles. The average Bonchev–Trinajstić information content (AvgIpc) is 2.98. The van der Waals surface area contributed by atoms with E-state index in [1.807, 2.05) is 30.3 Å². The van der Waals surface area contributed by atoms with Crippen molar-refractivity contribution in [1.29, 1.82) is 0 Å². The molecule has 3 rings (SSSR count). The number of amides is 1. The summed E-state index contributed by atoms with van der Waals surface area (Å²) in [6.07, 6.45) is -0.138. The van der Waals surface area contributed by atoms with Crippen molar-refractivity contribution >= 4 is 27.8 Å². The second kappa shape index (κ2) is 7.78. The van der Waals surface area contributed by atoms with E-state index < -0.39 is 18.0 Å². The third kappa shape index (κ3) is 4.07. The van der Waals surface area contributed by atoms with Crippen LogP contribution in [0.25, 0.3) is 0 Å². The molecule has 130 valence electrons. The summed E-state index contributed by atoms with van der Waals surface area (Å²) in [7, 11) is 0. The Morgan fingerprint density at radius 2 is 1.96 bits per heavy atom. The Labute approximate surface area is 153 Å². The van der Waals surface area contributed by atoms with E-state index in [1.165, 1.54) is 4.90 Å². The number of benzene rings is 2. The minimum Gasteiger partial charge on any atom is -0.445 e. The Kier molecular flexibility index (Phi) is 5.48. The number of ketones is 1. The van der Waals surface area contributed by atoms with Gasteiger partial charge in [0.25, 0.3) is 0 Å². The molecule has 0 aromatic heterocycles. The van der Waals surface area contributed by atoms with E-state index >= 15 is 0 Å². The fourth-order valence-corrected chi connectivity index (χ4v) is 3.29. The quantitative estimate of drug-likeness (QED) is 0.768. The maximum Gasteiger partial charge on any atom is 0.410 e. The molecule has 25 heavy (non-hydrogen) atoms. The molecular weight excluding hydrogens is 389 g/mol. The Hall–Kier alpha value is -2.21. The lowest BCUT2D eigenvalue weighted by Gasteiger charge is -2.23. The number of ether oxygens (including phenoxy) is 1. The van der Waals surface area contributed by atoms with Gasteiger partial charge < -0.3 is 4.74 Å². The maximum absolute atomic E-state index is 14.2. The zero-order valence-electron chi connectivity index (χ0n) is 13.5. The fraction of sp³-hybridized carbons (Fsp3) is 0.263. The van der Waals surface area contributed by atoms with Gasteiger partial charge in [0.05, 0.1) is 10.5 Å². The summed E-state index contributed by atoms with van der Waals surface area (Å²) in [5.74, 6) is -0.476. The molecule has 1 atom stereocenters. The smallest absolute Gasteiger partial charge is 0.410 e.